The molecule has 3 atom stereocenters. The van der Waals surface area contributed by atoms with Gasteiger partial charge < -0.3 is 20.6 Å². The van der Waals surface area contributed by atoms with E-state index in [1.165, 1.54) is 6.20 Å². The van der Waals surface area contributed by atoms with Crippen LogP contribution in [0.25, 0.3) is 5.57 Å². The molecular formula is C32H40N4O5. The summed E-state index contributed by atoms with van der Waals surface area (Å²) in [6.45, 7) is 5.32. The number of hydrogen-bond acceptors (Lipinski definition) is 7. The number of rotatable bonds is 9. The van der Waals surface area contributed by atoms with Crippen LogP contribution >= 0.6 is 0 Å². The Bertz CT molecular complexity index is 1350. The van der Waals surface area contributed by atoms with Crippen molar-refractivity contribution < 1.29 is 24.3 Å². The highest BCUT2D eigenvalue weighted by molar-refractivity contribution is 6.21. The summed E-state index contributed by atoms with van der Waals surface area (Å²) in [7, 11) is 3.78. The van der Waals surface area contributed by atoms with Crippen molar-refractivity contribution in [2.24, 2.45) is 5.92 Å². The summed E-state index contributed by atoms with van der Waals surface area (Å²) in [5.74, 6) is -0.444. The van der Waals surface area contributed by atoms with Gasteiger partial charge in [-0.15, -0.1) is 0 Å². The van der Waals surface area contributed by atoms with Gasteiger partial charge in [-0.1, -0.05) is 30.3 Å². The minimum absolute atomic E-state index is 0.0132. The Morgan fingerprint density at radius 1 is 1.17 bits per heavy atom. The molecule has 2 aromatic carbocycles. The standard InChI is InChI=1S/C32H40N4O5/c1-20-5-11-25(29(39)28(20)32-14-16-36(4)21(2)27(32)12-10-24(38)17-32)30(40)34-15-13-22-6-8-23(9-7-22)26(18-33-3)31(41)35-19-37/h5-9,11,18-19,21,27,33,39H,10,12-17H2,1-4H3,(H,34,40)(H,35,37,41)/b26-18-/t21?,27?,32-/m0/s1. The second-order valence-electron chi connectivity index (χ2n) is 11.3. The van der Waals surface area contributed by atoms with Gasteiger partial charge in [-0.05, 0) is 75.4 Å². The summed E-state index contributed by atoms with van der Waals surface area (Å²) in [4.78, 5) is 51.2. The number of benzene rings is 2. The topological polar surface area (TPSA) is 128 Å². The lowest BCUT2D eigenvalue weighted by Crippen LogP contribution is -2.56. The quantitative estimate of drug-likeness (QED) is 0.274. The summed E-state index contributed by atoms with van der Waals surface area (Å²) in [6.07, 6.45) is 4.92. The van der Waals surface area contributed by atoms with Crippen molar-refractivity contribution in [2.75, 3.05) is 27.2 Å². The van der Waals surface area contributed by atoms with Crippen LogP contribution in [0.2, 0.25) is 0 Å². The molecule has 0 radical (unpaired) electrons. The number of ketones is 1. The fraction of sp³-hybridized carbons (Fsp3) is 0.438. The molecule has 1 saturated carbocycles. The van der Waals surface area contributed by atoms with E-state index < -0.39 is 11.3 Å². The van der Waals surface area contributed by atoms with Crippen molar-refractivity contribution >= 4 is 29.6 Å². The fourth-order valence-electron chi connectivity index (χ4n) is 6.75. The number of nitrogens with zero attached hydrogens (tertiary/aromatic N) is 1. The number of aromatic hydroxyl groups is 1. The van der Waals surface area contributed by atoms with Gasteiger partial charge in [0.05, 0.1) is 11.1 Å². The van der Waals surface area contributed by atoms with Crippen molar-refractivity contribution in [1.29, 1.82) is 0 Å². The van der Waals surface area contributed by atoms with Crippen LogP contribution in [-0.2, 0) is 26.2 Å². The highest BCUT2D eigenvalue weighted by Crippen LogP contribution is 2.53. The zero-order valence-corrected chi connectivity index (χ0v) is 24.3. The van der Waals surface area contributed by atoms with E-state index in [4.69, 9.17) is 0 Å². The largest absolute Gasteiger partial charge is 0.507 e. The van der Waals surface area contributed by atoms with E-state index in [-0.39, 0.29) is 35.0 Å². The molecule has 1 aliphatic heterocycles. The summed E-state index contributed by atoms with van der Waals surface area (Å²) >= 11 is 0. The molecular weight excluding hydrogens is 520 g/mol. The molecule has 2 aromatic rings. The first kappa shape index (κ1) is 30.0. The van der Waals surface area contributed by atoms with E-state index in [9.17, 15) is 24.3 Å². The van der Waals surface area contributed by atoms with E-state index in [0.29, 0.717) is 43.4 Å². The van der Waals surface area contributed by atoms with Crippen molar-refractivity contribution in [2.45, 2.75) is 57.4 Å². The Hall–Kier alpha value is -3.98. The Labute approximate surface area is 241 Å². The molecule has 9 nitrogen and oxygen atoms in total. The monoisotopic (exact) mass is 560 g/mol. The van der Waals surface area contributed by atoms with E-state index >= 15 is 0 Å². The SMILES string of the molecule is CN/C=C(\C(=O)NC=O)c1ccc(CCNC(=O)c2ccc(C)c([C@]34CCN(C)C(C)C3CCC(=O)C4)c2O)cc1. The highest BCUT2D eigenvalue weighted by atomic mass is 16.3. The van der Waals surface area contributed by atoms with Crippen LogP contribution in [0.5, 0.6) is 5.75 Å². The zero-order valence-electron chi connectivity index (χ0n) is 24.3. The number of imide groups is 1. The molecule has 1 heterocycles. The number of carbonyl (C=O) groups excluding carboxylic acids is 4. The second kappa shape index (κ2) is 12.7. The fourth-order valence-corrected chi connectivity index (χ4v) is 6.75. The summed E-state index contributed by atoms with van der Waals surface area (Å²) in [5.41, 5.74) is 3.33. The van der Waals surface area contributed by atoms with E-state index in [1.54, 1.807) is 25.2 Å². The lowest BCUT2D eigenvalue weighted by molar-refractivity contribution is -0.126. The number of amides is 3. The maximum atomic E-state index is 13.3. The summed E-state index contributed by atoms with van der Waals surface area (Å²) in [6, 6.07) is 11.1. The molecule has 4 rings (SSSR count). The van der Waals surface area contributed by atoms with Gasteiger partial charge in [0.1, 0.15) is 11.5 Å². The molecule has 1 saturated heterocycles. The molecule has 0 aromatic heterocycles. The average molecular weight is 561 g/mol. The number of aryl methyl sites for hydroxylation is 1. The van der Waals surface area contributed by atoms with E-state index in [1.807, 2.05) is 25.1 Å². The highest BCUT2D eigenvalue weighted by Gasteiger charge is 2.52. The first-order chi connectivity index (χ1) is 19.6. The van der Waals surface area contributed by atoms with Gasteiger partial charge in [0, 0.05) is 49.7 Å². The van der Waals surface area contributed by atoms with Crippen LogP contribution in [0.15, 0.2) is 42.6 Å². The van der Waals surface area contributed by atoms with Crippen molar-refractivity contribution in [1.82, 2.24) is 20.9 Å². The van der Waals surface area contributed by atoms with Gasteiger partial charge >= 0.3 is 0 Å². The molecule has 2 aliphatic rings. The van der Waals surface area contributed by atoms with Gasteiger partial charge in [-0.25, -0.2) is 0 Å². The maximum absolute atomic E-state index is 13.3. The lowest BCUT2D eigenvalue weighted by Gasteiger charge is -2.54. The van der Waals surface area contributed by atoms with Crippen LogP contribution in [0.1, 0.15) is 65.2 Å². The molecule has 3 amide bonds. The third-order valence-electron chi connectivity index (χ3n) is 8.96. The number of phenolic OH excluding ortho intramolecular Hbond substituents is 1. The molecule has 0 bridgehead atoms. The van der Waals surface area contributed by atoms with Crippen molar-refractivity contribution in [3.63, 3.8) is 0 Å². The molecule has 0 spiro atoms. The molecule has 4 N–H and O–H groups in total. The predicted molar refractivity (Wildman–Crippen MR) is 157 cm³/mol. The normalized spacial score (nSPS) is 22.9. The number of nitrogens with one attached hydrogen (secondary N) is 3. The Balaban J connectivity index is 1.49. The van der Waals surface area contributed by atoms with Crippen molar-refractivity contribution in [3.8, 4) is 5.75 Å². The number of likely N-dealkylation sites (tertiary alicyclic amines) is 1. The van der Waals surface area contributed by atoms with Crippen LogP contribution in [-0.4, -0.2) is 67.2 Å². The third kappa shape index (κ3) is 6.05. The third-order valence-corrected chi connectivity index (χ3v) is 8.96. The van der Waals surface area contributed by atoms with Gasteiger partial charge in [-0.3, -0.25) is 24.5 Å². The molecule has 41 heavy (non-hydrogen) atoms. The zero-order chi connectivity index (χ0) is 29.7. The average Bonchev–Trinajstić information content (AvgIpc) is 2.94. The number of hydrogen-bond donors (Lipinski definition) is 4. The Kier molecular flexibility index (Phi) is 9.28. The minimum Gasteiger partial charge on any atom is -0.507 e. The minimum atomic E-state index is -0.509. The molecule has 218 valence electrons. The Morgan fingerprint density at radius 3 is 2.59 bits per heavy atom. The Morgan fingerprint density at radius 2 is 1.90 bits per heavy atom. The van der Waals surface area contributed by atoms with Gasteiger partial charge in [0.25, 0.3) is 11.8 Å². The van der Waals surface area contributed by atoms with Crippen LogP contribution < -0.4 is 16.0 Å². The molecule has 2 fully saturated rings. The summed E-state index contributed by atoms with van der Waals surface area (Å²) in [5, 5.41) is 19.4. The van der Waals surface area contributed by atoms with Crippen LogP contribution in [0.4, 0.5) is 0 Å². The first-order valence-electron chi connectivity index (χ1n) is 14.2. The van der Waals surface area contributed by atoms with Gasteiger partial charge in [0.15, 0.2) is 0 Å². The first-order valence-corrected chi connectivity index (χ1v) is 14.2. The van der Waals surface area contributed by atoms with E-state index in [0.717, 1.165) is 36.1 Å². The predicted octanol–water partition coefficient (Wildman–Crippen LogP) is 2.84. The van der Waals surface area contributed by atoms with Crippen LogP contribution in [0, 0.1) is 12.8 Å². The second-order valence-corrected chi connectivity index (χ2v) is 11.3. The molecule has 9 heteroatoms. The van der Waals surface area contributed by atoms with Crippen LogP contribution in [0.3, 0.4) is 0 Å². The van der Waals surface area contributed by atoms with E-state index in [2.05, 4.69) is 34.8 Å². The lowest BCUT2D eigenvalue weighted by atomic mass is 9.55. The van der Waals surface area contributed by atoms with Gasteiger partial charge in [-0.2, -0.15) is 0 Å². The smallest absolute Gasteiger partial charge is 0.259 e. The van der Waals surface area contributed by atoms with Gasteiger partial charge in [0.2, 0.25) is 6.41 Å². The number of Topliss-reactive ketones (excluding diaryl/α,β-unsaturated/α-hetero) is 1. The number of phenols is 1. The summed E-state index contributed by atoms with van der Waals surface area (Å²) < 4.78 is 0. The number of fused-ring (bicyclic) bond motifs is 1. The van der Waals surface area contributed by atoms with Crippen molar-refractivity contribution in [3.05, 3.63) is 70.4 Å². The molecule has 1 aliphatic carbocycles. The number of piperidine rings is 1. The molecule has 2 unspecified atom stereocenters. The number of carbonyl (C=O) groups is 4. The maximum Gasteiger partial charge on any atom is 0.259 e.